The number of rotatable bonds is 9. The van der Waals surface area contributed by atoms with E-state index in [0.717, 1.165) is 37.7 Å². The molecule has 21 heavy (non-hydrogen) atoms. The van der Waals surface area contributed by atoms with Gasteiger partial charge in [-0.3, -0.25) is 0 Å². The van der Waals surface area contributed by atoms with Gasteiger partial charge in [-0.15, -0.1) is 0 Å². The summed E-state index contributed by atoms with van der Waals surface area (Å²) in [6, 6.07) is 14.7. The molecule has 1 aromatic heterocycles. The van der Waals surface area contributed by atoms with E-state index < -0.39 is 0 Å². The van der Waals surface area contributed by atoms with Gasteiger partial charge >= 0.3 is 0 Å². The molecule has 0 aliphatic heterocycles. The molecule has 3 heteroatoms. The van der Waals surface area contributed by atoms with Gasteiger partial charge in [0.15, 0.2) is 0 Å². The van der Waals surface area contributed by atoms with Crippen molar-refractivity contribution >= 4 is 5.69 Å². The predicted molar refractivity (Wildman–Crippen MR) is 88.5 cm³/mol. The summed E-state index contributed by atoms with van der Waals surface area (Å²) in [6.45, 7) is 7.98. The molecule has 0 fully saturated rings. The molecule has 1 aromatic carbocycles. The number of unbranched alkanes of at least 4 members (excludes halogenated alkanes) is 1. The third-order valence-electron chi connectivity index (χ3n) is 3.52. The van der Waals surface area contributed by atoms with E-state index >= 15 is 0 Å². The molecule has 0 unspecified atom stereocenters. The minimum atomic E-state index is 0.802. The van der Waals surface area contributed by atoms with Crippen LogP contribution in [0.2, 0.25) is 0 Å². The zero-order chi connectivity index (χ0) is 14.9. The van der Waals surface area contributed by atoms with E-state index in [1.165, 1.54) is 18.5 Å². The molecule has 0 saturated carbocycles. The number of nitrogens with zero attached hydrogens (tertiary/aromatic N) is 1. The maximum Gasteiger partial charge on any atom is 0.123 e. The molecule has 0 aliphatic rings. The van der Waals surface area contributed by atoms with Crippen molar-refractivity contribution in [3.63, 3.8) is 0 Å². The highest BCUT2D eigenvalue weighted by Crippen LogP contribution is 2.19. The van der Waals surface area contributed by atoms with Crippen LogP contribution < -0.4 is 10.2 Å². The van der Waals surface area contributed by atoms with Gasteiger partial charge in [0.2, 0.25) is 0 Å². The Kier molecular flexibility index (Phi) is 6.35. The summed E-state index contributed by atoms with van der Waals surface area (Å²) >= 11 is 0. The van der Waals surface area contributed by atoms with Crippen LogP contribution in [0.3, 0.4) is 0 Å². The van der Waals surface area contributed by atoms with Crippen molar-refractivity contribution in [1.82, 2.24) is 5.32 Å². The first-order chi connectivity index (χ1) is 10.3. The van der Waals surface area contributed by atoms with Crippen LogP contribution in [0.1, 0.15) is 38.2 Å². The molecule has 0 saturated heterocycles. The zero-order valence-corrected chi connectivity index (χ0v) is 13.1. The SMILES string of the molecule is CCCCN(Cc1ccc(CNCC)o1)c1ccccc1. The van der Waals surface area contributed by atoms with Gasteiger partial charge in [-0.25, -0.2) is 0 Å². The fourth-order valence-electron chi connectivity index (χ4n) is 2.33. The van der Waals surface area contributed by atoms with Gasteiger partial charge in [-0.05, 0) is 37.2 Å². The van der Waals surface area contributed by atoms with Gasteiger partial charge in [0, 0.05) is 12.2 Å². The predicted octanol–water partition coefficient (Wildman–Crippen LogP) is 4.20. The Labute approximate surface area is 128 Å². The molecule has 1 N–H and O–H groups in total. The fraction of sp³-hybridized carbons (Fsp3) is 0.444. The molecule has 0 bridgehead atoms. The van der Waals surface area contributed by atoms with Crippen molar-refractivity contribution in [1.29, 1.82) is 0 Å². The second kappa shape index (κ2) is 8.53. The molecule has 0 radical (unpaired) electrons. The van der Waals surface area contributed by atoms with Crippen molar-refractivity contribution in [2.75, 3.05) is 18.0 Å². The number of benzene rings is 1. The van der Waals surface area contributed by atoms with E-state index in [2.05, 4.69) is 66.5 Å². The quantitative estimate of drug-likeness (QED) is 0.749. The monoisotopic (exact) mass is 286 g/mol. The summed E-state index contributed by atoms with van der Waals surface area (Å²) in [5.41, 5.74) is 1.26. The molecular weight excluding hydrogens is 260 g/mol. The number of hydrogen-bond acceptors (Lipinski definition) is 3. The van der Waals surface area contributed by atoms with Crippen LogP contribution in [0, 0.1) is 0 Å². The highest BCUT2D eigenvalue weighted by atomic mass is 16.3. The summed E-state index contributed by atoms with van der Waals surface area (Å²) in [5, 5.41) is 3.29. The van der Waals surface area contributed by atoms with Gasteiger partial charge in [0.25, 0.3) is 0 Å². The highest BCUT2D eigenvalue weighted by Gasteiger charge is 2.09. The Morgan fingerprint density at radius 1 is 1.00 bits per heavy atom. The Morgan fingerprint density at radius 3 is 2.48 bits per heavy atom. The van der Waals surface area contributed by atoms with Crippen molar-refractivity contribution in [3.05, 3.63) is 54.0 Å². The normalized spacial score (nSPS) is 10.8. The standard InChI is InChI=1S/C18H26N2O/c1-3-5-13-20(16-9-7-6-8-10-16)15-18-12-11-17(21-18)14-19-4-2/h6-12,19H,3-5,13-15H2,1-2H3. The molecule has 0 amide bonds. The van der Waals surface area contributed by atoms with Crippen LogP contribution in [-0.2, 0) is 13.1 Å². The maximum absolute atomic E-state index is 5.91. The van der Waals surface area contributed by atoms with Crippen molar-refractivity contribution in [3.8, 4) is 0 Å². The summed E-state index contributed by atoms with van der Waals surface area (Å²) in [4.78, 5) is 2.39. The Bertz CT molecular complexity index is 507. The van der Waals surface area contributed by atoms with E-state index in [0.29, 0.717) is 0 Å². The van der Waals surface area contributed by atoms with Crippen molar-refractivity contribution in [2.45, 2.75) is 39.8 Å². The number of para-hydroxylation sites is 1. The topological polar surface area (TPSA) is 28.4 Å². The minimum absolute atomic E-state index is 0.802. The van der Waals surface area contributed by atoms with E-state index in [4.69, 9.17) is 4.42 Å². The van der Waals surface area contributed by atoms with E-state index in [1.807, 2.05) is 0 Å². The summed E-state index contributed by atoms with van der Waals surface area (Å²) in [6.07, 6.45) is 2.40. The molecule has 0 atom stereocenters. The lowest BCUT2D eigenvalue weighted by atomic mass is 10.2. The van der Waals surface area contributed by atoms with Gasteiger partial charge in [-0.2, -0.15) is 0 Å². The van der Waals surface area contributed by atoms with Crippen LogP contribution in [0.25, 0.3) is 0 Å². The Morgan fingerprint density at radius 2 is 1.76 bits per heavy atom. The molecular formula is C18H26N2O. The van der Waals surface area contributed by atoms with E-state index in [9.17, 15) is 0 Å². The smallest absolute Gasteiger partial charge is 0.123 e. The largest absolute Gasteiger partial charge is 0.463 e. The average molecular weight is 286 g/mol. The molecule has 0 spiro atoms. The summed E-state index contributed by atoms with van der Waals surface area (Å²) < 4.78 is 5.91. The number of furan rings is 1. The lowest BCUT2D eigenvalue weighted by molar-refractivity contribution is 0.445. The maximum atomic E-state index is 5.91. The third kappa shape index (κ3) is 4.94. The molecule has 2 rings (SSSR count). The first kappa shape index (κ1) is 15.6. The molecule has 3 nitrogen and oxygen atoms in total. The van der Waals surface area contributed by atoms with Crippen LogP contribution >= 0.6 is 0 Å². The van der Waals surface area contributed by atoms with Gasteiger partial charge in [0.1, 0.15) is 11.5 Å². The van der Waals surface area contributed by atoms with Crippen LogP contribution in [0.15, 0.2) is 46.9 Å². The Balaban J connectivity index is 2.02. The molecule has 2 aromatic rings. The third-order valence-corrected chi connectivity index (χ3v) is 3.52. The zero-order valence-electron chi connectivity index (χ0n) is 13.1. The number of nitrogens with one attached hydrogen (secondary N) is 1. The number of hydrogen-bond donors (Lipinski definition) is 1. The second-order valence-electron chi connectivity index (χ2n) is 5.26. The summed E-state index contributed by atoms with van der Waals surface area (Å²) in [5.74, 6) is 2.04. The molecule has 0 aliphatic carbocycles. The van der Waals surface area contributed by atoms with Crippen LogP contribution in [0.5, 0.6) is 0 Å². The second-order valence-corrected chi connectivity index (χ2v) is 5.26. The summed E-state index contributed by atoms with van der Waals surface area (Å²) in [7, 11) is 0. The lowest BCUT2D eigenvalue weighted by Crippen LogP contribution is -2.23. The molecule has 1 heterocycles. The van der Waals surface area contributed by atoms with E-state index in [-0.39, 0.29) is 0 Å². The van der Waals surface area contributed by atoms with Gasteiger partial charge in [0.05, 0.1) is 13.1 Å². The number of anilines is 1. The van der Waals surface area contributed by atoms with Crippen molar-refractivity contribution < 1.29 is 4.42 Å². The van der Waals surface area contributed by atoms with Gasteiger partial charge < -0.3 is 14.6 Å². The highest BCUT2D eigenvalue weighted by molar-refractivity contribution is 5.46. The van der Waals surface area contributed by atoms with Crippen LogP contribution in [0.4, 0.5) is 5.69 Å². The van der Waals surface area contributed by atoms with Gasteiger partial charge in [-0.1, -0.05) is 38.5 Å². The first-order valence-corrected chi connectivity index (χ1v) is 7.91. The Hall–Kier alpha value is -1.74. The lowest BCUT2D eigenvalue weighted by Gasteiger charge is -2.23. The van der Waals surface area contributed by atoms with Crippen LogP contribution in [-0.4, -0.2) is 13.1 Å². The first-order valence-electron chi connectivity index (χ1n) is 7.91. The fourth-order valence-corrected chi connectivity index (χ4v) is 2.33. The minimum Gasteiger partial charge on any atom is -0.463 e. The van der Waals surface area contributed by atoms with E-state index in [1.54, 1.807) is 0 Å². The van der Waals surface area contributed by atoms with Crippen molar-refractivity contribution in [2.24, 2.45) is 0 Å². The average Bonchev–Trinajstić information content (AvgIpc) is 2.97. The molecule has 114 valence electrons.